The van der Waals surface area contributed by atoms with Gasteiger partial charge in [-0.15, -0.1) is 0 Å². The second-order valence-electron chi connectivity index (χ2n) is 6.49. The minimum atomic E-state index is -0.485. The Morgan fingerprint density at radius 3 is 2.27 bits per heavy atom. The molecule has 120 valence electrons. The van der Waals surface area contributed by atoms with Crippen molar-refractivity contribution in [3.63, 3.8) is 0 Å². The van der Waals surface area contributed by atoms with Crippen LogP contribution < -0.4 is 0 Å². The molecule has 22 heavy (non-hydrogen) atoms. The Labute approximate surface area is 133 Å². The predicted octanol–water partition coefficient (Wildman–Crippen LogP) is 2.94. The molecule has 2 rings (SSSR count). The largest absolute Gasteiger partial charge is 0.343 e. The van der Waals surface area contributed by atoms with Crippen LogP contribution in [0, 0.1) is 0 Å². The third-order valence-corrected chi connectivity index (χ3v) is 4.36. The first-order valence-electron chi connectivity index (χ1n) is 8.10. The third kappa shape index (κ3) is 3.67. The molecular formula is C18H26N2O2. The van der Waals surface area contributed by atoms with Gasteiger partial charge in [0.1, 0.15) is 0 Å². The maximum Gasteiger partial charge on any atom is 0.254 e. The van der Waals surface area contributed by atoms with Crippen LogP contribution in [0.1, 0.15) is 50.4 Å². The van der Waals surface area contributed by atoms with Gasteiger partial charge in [-0.25, -0.2) is 0 Å². The highest BCUT2D eigenvalue weighted by Crippen LogP contribution is 2.23. The van der Waals surface area contributed by atoms with Crippen LogP contribution >= 0.6 is 0 Å². The first-order valence-corrected chi connectivity index (χ1v) is 8.10. The zero-order chi connectivity index (χ0) is 16.2. The van der Waals surface area contributed by atoms with Crippen molar-refractivity contribution >= 4 is 11.8 Å². The maximum atomic E-state index is 12.7. The molecule has 0 saturated carbocycles. The van der Waals surface area contributed by atoms with E-state index in [1.807, 2.05) is 56.0 Å². The molecule has 4 heteroatoms. The lowest BCUT2D eigenvalue weighted by Gasteiger charge is -2.38. The fourth-order valence-electron chi connectivity index (χ4n) is 3.13. The summed E-state index contributed by atoms with van der Waals surface area (Å²) in [5, 5.41) is 0. The van der Waals surface area contributed by atoms with E-state index >= 15 is 0 Å². The van der Waals surface area contributed by atoms with Crippen molar-refractivity contribution in [3.05, 3.63) is 35.9 Å². The van der Waals surface area contributed by atoms with Gasteiger partial charge in [-0.05, 0) is 45.7 Å². The Morgan fingerprint density at radius 2 is 1.73 bits per heavy atom. The summed E-state index contributed by atoms with van der Waals surface area (Å²) in [6.45, 7) is 8.22. The summed E-state index contributed by atoms with van der Waals surface area (Å²) in [6.07, 6.45) is 2.55. The average molecular weight is 302 g/mol. The normalized spacial score (nSPS) is 15.0. The number of carbonyl (C=O) groups excluding carboxylic acids is 2. The number of benzene rings is 1. The molecule has 1 aliphatic heterocycles. The van der Waals surface area contributed by atoms with Gasteiger partial charge in [0.2, 0.25) is 5.91 Å². The maximum absolute atomic E-state index is 12.7. The number of hydrogen-bond acceptors (Lipinski definition) is 2. The Bertz CT molecular complexity index is 519. The molecule has 0 unspecified atom stereocenters. The van der Waals surface area contributed by atoms with Crippen molar-refractivity contribution in [3.8, 4) is 0 Å². The van der Waals surface area contributed by atoms with Crippen molar-refractivity contribution in [1.29, 1.82) is 0 Å². The third-order valence-electron chi connectivity index (χ3n) is 4.36. The first-order chi connectivity index (χ1) is 10.5. The van der Waals surface area contributed by atoms with Gasteiger partial charge in [-0.2, -0.15) is 0 Å². The van der Waals surface area contributed by atoms with Gasteiger partial charge in [0.05, 0.1) is 0 Å². The molecule has 2 amide bonds. The lowest BCUT2D eigenvalue weighted by Crippen LogP contribution is -2.50. The van der Waals surface area contributed by atoms with E-state index in [1.54, 1.807) is 4.90 Å². The number of carbonyl (C=O) groups is 2. The number of nitrogens with zero attached hydrogens (tertiary/aromatic N) is 2. The van der Waals surface area contributed by atoms with E-state index in [-0.39, 0.29) is 11.8 Å². The minimum absolute atomic E-state index is 0.0117. The van der Waals surface area contributed by atoms with Crippen LogP contribution in [0.4, 0.5) is 0 Å². The van der Waals surface area contributed by atoms with Crippen LogP contribution in [0.5, 0.6) is 0 Å². The monoisotopic (exact) mass is 302 g/mol. The van der Waals surface area contributed by atoms with E-state index in [9.17, 15) is 9.59 Å². The van der Waals surface area contributed by atoms with E-state index < -0.39 is 5.54 Å². The van der Waals surface area contributed by atoms with Crippen molar-refractivity contribution in [2.24, 2.45) is 0 Å². The lowest BCUT2D eigenvalue weighted by molar-refractivity contribution is -0.132. The van der Waals surface area contributed by atoms with Crippen molar-refractivity contribution in [2.45, 2.75) is 45.6 Å². The molecule has 0 spiro atoms. The molecule has 0 bridgehead atoms. The van der Waals surface area contributed by atoms with E-state index in [0.717, 1.165) is 25.9 Å². The van der Waals surface area contributed by atoms with Crippen molar-refractivity contribution in [2.75, 3.05) is 19.6 Å². The SMILES string of the molecule is CCN(C(=O)c1ccccc1)C(C)(C)CC(=O)N1CCCC1. The highest BCUT2D eigenvalue weighted by Gasteiger charge is 2.34. The number of likely N-dealkylation sites (tertiary alicyclic amines) is 1. The molecule has 4 nitrogen and oxygen atoms in total. The van der Waals surface area contributed by atoms with E-state index in [2.05, 4.69) is 0 Å². The number of hydrogen-bond donors (Lipinski definition) is 0. The molecule has 0 N–H and O–H groups in total. The van der Waals surface area contributed by atoms with E-state index in [4.69, 9.17) is 0 Å². The highest BCUT2D eigenvalue weighted by atomic mass is 16.2. The van der Waals surface area contributed by atoms with E-state index in [0.29, 0.717) is 18.5 Å². The van der Waals surface area contributed by atoms with Crippen LogP contribution in [0.25, 0.3) is 0 Å². The fraction of sp³-hybridized carbons (Fsp3) is 0.556. The summed E-state index contributed by atoms with van der Waals surface area (Å²) in [5.74, 6) is 0.143. The van der Waals surface area contributed by atoms with Gasteiger partial charge in [0.15, 0.2) is 0 Å². The number of amides is 2. The second kappa shape index (κ2) is 6.95. The van der Waals surface area contributed by atoms with Gasteiger partial charge in [-0.1, -0.05) is 18.2 Å². The Hall–Kier alpha value is -1.84. The molecule has 1 aliphatic rings. The Kier molecular flexibility index (Phi) is 5.22. The molecule has 1 aromatic rings. The van der Waals surface area contributed by atoms with Crippen LogP contribution in [-0.4, -0.2) is 46.8 Å². The molecule has 1 aromatic carbocycles. The summed E-state index contributed by atoms with van der Waals surface area (Å²) in [6, 6.07) is 9.27. The fourth-order valence-corrected chi connectivity index (χ4v) is 3.13. The van der Waals surface area contributed by atoms with Gasteiger partial charge in [0, 0.05) is 37.2 Å². The summed E-state index contributed by atoms with van der Waals surface area (Å²) < 4.78 is 0. The Morgan fingerprint density at radius 1 is 1.14 bits per heavy atom. The molecule has 1 saturated heterocycles. The smallest absolute Gasteiger partial charge is 0.254 e. The van der Waals surface area contributed by atoms with Gasteiger partial charge in [0.25, 0.3) is 5.91 Å². The van der Waals surface area contributed by atoms with Crippen LogP contribution in [0.15, 0.2) is 30.3 Å². The van der Waals surface area contributed by atoms with E-state index in [1.165, 1.54) is 0 Å². The first kappa shape index (κ1) is 16.5. The zero-order valence-corrected chi connectivity index (χ0v) is 13.8. The standard InChI is InChI=1S/C18H26N2O2/c1-4-20(17(22)15-10-6-5-7-11-15)18(2,3)14-16(21)19-12-8-9-13-19/h5-7,10-11H,4,8-9,12-14H2,1-3H3. The van der Waals surface area contributed by atoms with Crippen LogP contribution in [0.3, 0.4) is 0 Å². The van der Waals surface area contributed by atoms with Crippen molar-refractivity contribution < 1.29 is 9.59 Å². The van der Waals surface area contributed by atoms with Crippen LogP contribution in [0.2, 0.25) is 0 Å². The van der Waals surface area contributed by atoms with Gasteiger partial charge >= 0.3 is 0 Å². The summed E-state index contributed by atoms with van der Waals surface area (Å²) in [5.41, 5.74) is 0.187. The van der Waals surface area contributed by atoms with Crippen molar-refractivity contribution in [1.82, 2.24) is 9.80 Å². The minimum Gasteiger partial charge on any atom is -0.343 e. The summed E-state index contributed by atoms with van der Waals surface area (Å²) >= 11 is 0. The van der Waals surface area contributed by atoms with Gasteiger partial charge < -0.3 is 9.80 Å². The summed E-state index contributed by atoms with van der Waals surface area (Å²) in [4.78, 5) is 28.9. The molecule has 0 aliphatic carbocycles. The molecule has 0 atom stereocenters. The quantitative estimate of drug-likeness (QED) is 0.839. The topological polar surface area (TPSA) is 40.6 Å². The van der Waals surface area contributed by atoms with Crippen LogP contribution in [-0.2, 0) is 4.79 Å². The molecule has 0 aromatic heterocycles. The second-order valence-corrected chi connectivity index (χ2v) is 6.49. The highest BCUT2D eigenvalue weighted by molar-refractivity contribution is 5.95. The Balaban J connectivity index is 2.10. The molecular weight excluding hydrogens is 276 g/mol. The molecule has 1 fully saturated rings. The zero-order valence-electron chi connectivity index (χ0n) is 13.8. The molecule has 1 heterocycles. The molecule has 0 radical (unpaired) electrons. The lowest BCUT2D eigenvalue weighted by atomic mass is 9.96. The predicted molar refractivity (Wildman–Crippen MR) is 87.7 cm³/mol. The summed E-state index contributed by atoms with van der Waals surface area (Å²) in [7, 11) is 0. The average Bonchev–Trinajstić information content (AvgIpc) is 3.02. The number of rotatable bonds is 5. The van der Waals surface area contributed by atoms with Gasteiger partial charge in [-0.3, -0.25) is 9.59 Å².